The van der Waals surface area contributed by atoms with Gasteiger partial charge >= 0.3 is 0 Å². The number of nitrogens with zero attached hydrogens (tertiary/aromatic N) is 1. The molecule has 0 saturated heterocycles. The lowest BCUT2D eigenvalue weighted by Gasteiger charge is -2.06. The van der Waals surface area contributed by atoms with Crippen molar-refractivity contribution in [2.45, 2.75) is 6.92 Å². The Balaban J connectivity index is 2.12. The number of carbonyl (C=O) groups excluding carboxylic acids is 1. The molecule has 1 aromatic carbocycles. The van der Waals surface area contributed by atoms with E-state index in [1.54, 1.807) is 25.1 Å². The van der Waals surface area contributed by atoms with Crippen molar-refractivity contribution in [2.75, 3.05) is 5.32 Å². The van der Waals surface area contributed by atoms with E-state index in [1.807, 2.05) is 17.5 Å². The average molecular weight is 288 g/mol. The zero-order valence-corrected chi connectivity index (χ0v) is 11.5. The molecule has 2 rings (SSSR count). The van der Waals surface area contributed by atoms with Crippen LogP contribution in [0.25, 0.3) is 6.08 Å². The topological polar surface area (TPSA) is 72.2 Å². The highest BCUT2D eigenvalue weighted by Crippen LogP contribution is 2.25. The highest BCUT2D eigenvalue weighted by Gasteiger charge is 2.13. The molecule has 0 fully saturated rings. The molecule has 5 nitrogen and oxygen atoms in total. The van der Waals surface area contributed by atoms with Gasteiger partial charge in [-0.1, -0.05) is 12.1 Å². The number of carbonyl (C=O) groups is 1. The molecule has 0 aliphatic carbocycles. The summed E-state index contributed by atoms with van der Waals surface area (Å²) in [4.78, 5) is 23.1. The van der Waals surface area contributed by atoms with Gasteiger partial charge in [0, 0.05) is 17.0 Å². The van der Waals surface area contributed by atoms with Crippen molar-refractivity contribution in [1.29, 1.82) is 0 Å². The SMILES string of the molecule is Cc1c(NC(=O)/C=C/c2cccs2)cccc1[N+](=O)[O-]. The number of nitro groups is 1. The highest BCUT2D eigenvalue weighted by atomic mass is 32.1. The number of anilines is 1. The van der Waals surface area contributed by atoms with Crippen LogP contribution in [0.4, 0.5) is 11.4 Å². The summed E-state index contributed by atoms with van der Waals surface area (Å²) >= 11 is 1.52. The predicted molar refractivity (Wildman–Crippen MR) is 79.8 cm³/mol. The minimum absolute atomic E-state index is 0.00923. The van der Waals surface area contributed by atoms with Crippen LogP contribution >= 0.6 is 11.3 Å². The van der Waals surface area contributed by atoms with Gasteiger partial charge in [-0.2, -0.15) is 0 Å². The van der Waals surface area contributed by atoms with Crippen molar-refractivity contribution in [3.63, 3.8) is 0 Å². The van der Waals surface area contributed by atoms with Gasteiger partial charge in [0.25, 0.3) is 5.69 Å². The highest BCUT2D eigenvalue weighted by molar-refractivity contribution is 7.10. The minimum atomic E-state index is -0.466. The predicted octanol–water partition coefficient (Wildman–Crippen LogP) is 3.62. The van der Waals surface area contributed by atoms with Crippen LogP contribution in [0.1, 0.15) is 10.4 Å². The van der Waals surface area contributed by atoms with Gasteiger partial charge in [-0.25, -0.2) is 0 Å². The summed E-state index contributed by atoms with van der Waals surface area (Å²) < 4.78 is 0. The largest absolute Gasteiger partial charge is 0.322 e. The number of thiophene rings is 1. The smallest absolute Gasteiger partial charge is 0.274 e. The first-order valence-corrected chi connectivity index (χ1v) is 6.72. The number of amides is 1. The minimum Gasteiger partial charge on any atom is -0.322 e. The van der Waals surface area contributed by atoms with E-state index >= 15 is 0 Å². The summed E-state index contributed by atoms with van der Waals surface area (Å²) in [5, 5.41) is 15.4. The molecule has 6 heteroatoms. The number of nitro benzene ring substituents is 1. The Morgan fingerprint density at radius 3 is 2.80 bits per heavy atom. The maximum absolute atomic E-state index is 11.8. The molecule has 0 atom stereocenters. The molecular weight excluding hydrogens is 276 g/mol. The van der Waals surface area contributed by atoms with Gasteiger partial charge in [0.05, 0.1) is 16.2 Å². The lowest BCUT2D eigenvalue weighted by atomic mass is 10.1. The van der Waals surface area contributed by atoms with Gasteiger partial charge in [-0.05, 0) is 30.5 Å². The lowest BCUT2D eigenvalue weighted by Crippen LogP contribution is -2.09. The molecule has 0 aliphatic heterocycles. The normalized spacial score (nSPS) is 10.7. The molecule has 0 radical (unpaired) electrons. The van der Waals surface area contributed by atoms with Gasteiger partial charge in [0.1, 0.15) is 0 Å². The molecule has 0 aliphatic rings. The molecule has 102 valence electrons. The Bertz CT molecular complexity index is 663. The van der Waals surface area contributed by atoms with Gasteiger partial charge in [0.15, 0.2) is 0 Å². The summed E-state index contributed by atoms with van der Waals surface area (Å²) in [5.41, 5.74) is 0.875. The van der Waals surface area contributed by atoms with E-state index in [2.05, 4.69) is 5.32 Å². The van der Waals surface area contributed by atoms with Crippen molar-refractivity contribution in [3.05, 3.63) is 62.3 Å². The van der Waals surface area contributed by atoms with Crippen LogP contribution in [0, 0.1) is 17.0 Å². The maximum atomic E-state index is 11.8. The van der Waals surface area contributed by atoms with Gasteiger partial charge in [-0.15, -0.1) is 11.3 Å². The maximum Gasteiger partial charge on any atom is 0.274 e. The van der Waals surface area contributed by atoms with Crippen LogP contribution in [-0.2, 0) is 4.79 Å². The van der Waals surface area contributed by atoms with E-state index in [-0.39, 0.29) is 11.6 Å². The van der Waals surface area contributed by atoms with Crippen LogP contribution in [0.3, 0.4) is 0 Å². The third-order valence-electron chi connectivity index (χ3n) is 2.70. The molecule has 0 saturated carbocycles. The molecule has 1 amide bonds. The monoisotopic (exact) mass is 288 g/mol. The summed E-state index contributed by atoms with van der Waals surface area (Å²) in [6, 6.07) is 8.38. The molecule has 1 heterocycles. The van der Waals surface area contributed by atoms with Crippen molar-refractivity contribution in [1.82, 2.24) is 0 Å². The van der Waals surface area contributed by atoms with E-state index in [4.69, 9.17) is 0 Å². The average Bonchev–Trinajstić information content (AvgIpc) is 2.91. The van der Waals surface area contributed by atoms with Crippen molar-refractivity contribution < 1.29 is 9.72 Å². The van der Waals surface area contributed by atoms with Crippen LogP contribution in [-0.4, -0.2) is 10.8 Å². The molecule has 0 spiro atoms. The summed E-state index contributed by atoms with van der Waals surface area (Å²) in [6.07, 6.45) is 3.11. The van der Waals surface area contributed by atoms with Gasteiger partial charge in [-0.3, -0.25) is 14.9 Å². The number of hydrogen-bond donors (Lipinski definition) is 1. The molecule has 0 bridgehead atoms. The zero-order valence-electron chi connectivity index (χ0n) is 10.7. The second-order valence-electron chi connectivity index (χ2n) is 4.04. The Morgan fingerprint density at radius 2 is 2.15 bits per heavy atom. The summed E-state index contributed by atoms with van der Waals surface area (Å²) in [5.74, 6) is -0.318. The van der Waals surface area contributed by atoms with Crippen molar-refractivity contribution in [3.8, 4) is 0 Å². The second kappa shape index (κ2) is 6.12. The van der Waals surface area contributed by atoms with Crippen LogP contribution in [0.15, 0.2) is 41.8 Å². The molecule has 0 unspecified atom stereocenters. The molecule has 20 heavy (non-hydrogen) atoms. The lowest BCUT2D eigenvalue weighted by molar-refractivity contribution is -0.385. The standard InChI is InChI=1S/C14H12N2O3S/c1-10-12(5-2-6-13(10)16(18)19)15-14(17)8-7-11-4-3-9-20-11/h2-9H,1H3,(H,15,17)/b8-7+. The molecule has 1 N–H and O–H groups in total. The molecular formula is C14H12N2O3S. The van der Waals surface area contributed by atoms with Crippen LogP contribution in [0.2, 0.25) is 0 Å². The Morgan fingerprint density at radius 1 is 1.35 bits per heavy atom. The quantitative estimate of drug-likeness (QED) is 0.530. The first-order chi connectivity index (χ1) is 9.58. The van der Waals surface area contributed by atoms with E-state index in [0.29, 0.717) is 11.3 Å². The van der Waals surface area contributed by atoms with E-state index in [9.17, 15) is 14.9 Å². The Kier molecular flexibility index (Phi) is 4.27. The zero-order chi connectivity index (χ0) is 14.5. The van der Waals surface area contributed by atoms with Gasteiger partial charge in [0.2, 0.25) is 5.91 Å². The summed E-state index contributed by atoms with van der Waals surface area (Å²) in [6.45, 7) is 1.61. The van der Waals surface area contributed by atoms with Crippen LogP contribution in [0.5, 0.6) is 0 Å². The first kappa shape index (κ1) is 14.0. The van der Waals surface area contributed by atoms with E-state index in [0.717, 1.165) is 4.88 Å². The molecule has 1 aromatic heterocycles. The Labute approximate surface area is 119 Å². The van der Waals surface area contributed by atoms with Gasteiger partial charge < -0.3 is 5.32 Å². The van der Waals surface area contributed by atoms with E-state index in [1.165, 1.54) is 23.5 Å². The fourth-order valence-corrected chi connectivity index (χ4v) is 2.29. The second-order valence-corrected chi connectivity index (χ2v) is 5.02. The Hall–Kier alpha value is -2.47. The number of benzene rings is 1. The van der Waals surface area contributed by atoms with Crippen molar-refractivity contribution >= 4 is 34.7 Å². The number of nitrogens with one attached hydrogen (secondary N) is 1. The number of rotatable bonds is 4. The summed E-state index contributed by atoms with van der Waals surface area (Å²) in [7, 11) is 0. The van der Waals surface area contributed by atoms with Crippen molar-refractivity contribution in [2.24, 2.45) is 0 Å². The third kappa shape index (κ3) is 3.30. The third-order valence-corrected chi connectivity index (χ3v) is 3.54. The fraction of sp³-hybridized carbons (Fsp3) is 0.0714. The first-order valence-electron chi connectivity index (χ1n) is 5.84. The van der Waals surface area contributed by atoms with E-state index < -0.39 is 4.92 Å². The molecule has 2 aromatic rings. The fourth-order valence-electron chi connectivity index (χ4n) is 1.67. The number of hydrogen-bond acceptors (Lipinski definition) is 4. The van der Waals surface area contributed by atoms with Crippen LogP contribution < -0.4 is 5.32 Å².